The highest BCUT2D eigenvalue weighted by Crippen LogP contribution is 2.47. The molecule has 0 saturated carbocycles. The van der Waals surface area contributed by atoms with Crippen LogP contribution in [0.25, 0.3) is 44.5 Å². The normalized spacial score (nSPS) is 11.8. The molecular formula is C54H68N14O9S. The third-order valence-corrected chi connectivity index (χ3v) is 12.0. The van der Waals surface area contributed by atoms with Crippen LogP contribution in [0.2, 0.25) is 0 Å². The van der Waals surface area contributed by atoms with Crippen LogP contribution in [0.15, 0.2) is 114 Å². The van der Waals surface area contributed by atoms with Crippen LogP contribution in [0.3, 0.4) is 0 Å². The fraction of sp³-hybridized carbons (Fsp3) is 0.315. The number of fused-ring (bicyclic) bond motifs is 2. The van der Waals surface area contributed by atoms with Crippen molar-refractivity contribution in [2.45, 2.75) is 6.54 Å². The lowest BCUT2D eigenvalue weighted by Gasteiger charge is -2.23. The molecule has 6 rings (SSSR count). The number of guanidine groups is 4. The largest absolute Gasteiger partial charge is 0.508 e. The van der Waals surface area contributed by atoms with Crippen LogP contribution in [0.4, 0.5) is 5.69 Å². The average molecular weight is 1090 g/mol. The molecule has 0 unspecified atom stereocenters. The van der Waals surface area contributed by atoms with Gasteiger partial charge in [-0.25, -0.2) is 4.79 Å². The van der Waals surface area contributed by atoms with Gasteiger partial charge in [-0.2, -0.15) is 0 Å². The lowest BCUT2D eigenvalue weighted by Crippen LogP contribution is -2.37. The minimum atomic E-state index is -1.21. The van der Waals surface area contributed by atoms with E-state index in [0.717, 1.165) is 0 Å². The van der Waals surface area contributed by atoms with Crippen LogP contribution in [0.1, 0.15) is 15.9 Å². The van der Waals surface area contributed by atoms with Crippen LogP contribution < -0.4 is 77.5 Å². The van der Waals surface area contributed by atoms with Crippen molar-refractivity contribution in [1.29, 1.82) is 0 Å². The maximum absolute atomic E-state index is 13.0. The number of carboxylic acids is 1. The number of aromatic hydroxyl groups is 1. The maximum atomic E-state index is 13.0. The van der Waals surface area contributed by atoms with Crippen molar-refractivity contribution in [3.05, 3.63) is 106 Å². The number of benzene rings is 5. The van der Waals surface area contributed by atoms with Gasteiger partial charge in [-0.1, -0.05) is 24.3 Å². The quantitative estimate of drug-likeness (QED) is 0.0151. The number of aliphatic imine (C=N–C) groups is 4. The zero-order valence-corrected chi connectivity index (χ0v) is 45.7. The number of thiocarbonyl (C=S) groups is 1. The number of ether oxygens (including phenoxy) is 4. The molecule has 0 radical (unpaired) electrons. The van der Waals surface area contributed by atoms with Crippen molar-refractivity contribution in [3.8, 4) is 62.3 Å². The van der Waals surface area contributed by atoms with Gasteiger partial charge in [-0.05, 0) is 66.3 Å². The molecule has 12 N–H and O–H groups in total. The van der Waals surface area contributed by atoms with E-state index in [9.17, 15) is 19.8 Å². The molecule has 414 valence electrons. The van der Waals surface area contributed by atoms with Gasteiger partial charge < -0.3 is 86.7 Å². The average Bonchev–Trinajstić information content (AvgIpc) is 3.61. The van der Waals surface area contributed by atoms with Gasteiger partial charge in [0.15, 0.2) is 57.4 Å². The first-order chi connectivity index (χ1) is 37.9. The molecule has 0 aromatic heterocycles. The summed E-state index contributed by atoms with van der Waals surface area (Å²) >= 11 is 5.85. The minimum Gasteiger partial charge on any atom is -0.508 e. The van der Waals surface area contributed by atoms with Gasteiger partial charge in [0.1, 0.15) is 43.5 Å². The molecule has 1 heterocycles. The molecule has 23 nitrogen and oxygen atoms in total. The molecule has 4 aromatic rings. The second kappa shape index (κ2) is 29.2. The SMILES string of the molecule is C/N=C(\NC)NCCOc1cccc(-c2ccc(CNC(=S)Nc3ccc(-c4c5ccc(=O)cc-5oc5cc(O)ccc45)c(C(=O)O)c3)c(OCCN/C(=N/C)NC)c2OCCN/C(=N/C)NC)c1OCCN/C(=N/C)NC. The lowest BCUT2D eigenvalue weighted by atomic mass is 9.90. The molecule has 0 fully saturated rings. The highest BCUT2D eigenvalue weighted by molar-refractivity contribution is 7.80. The second-order valence-corrected chi connectivity index (χ2v) is 17.1. The number of phenolic OH excluding ortho intramolecular Hbond substituents is 1. The topological polar surface area (TPSA) is 294 Å². The number of anilines is 1. The Bertz CT molecular complexity index is 3180. The van der Waals surface area contributed by atoms with Crippen molar-refractivity contribution in [1.82, 2.24) is 47.9 Å². The van der Waals surface area contributed by atoms with E-state index in [2.05, 4.69) is 73.1 Å². The standard InChI is InChI=1S/C54H68N14O9S/c1-55-50(56-2)63-20-24-73-42-11-9-10-37(47(42)75-26-22-65-52(59-5)60-6)38-16-12-32(46(74-25-21-64-51(57-3)58-4)48(38)76-27-23-66-53(61-7)62-8)31-67-54(78)68-33-13-17-36(41(28-33)49(71)72)45-39-18-14-34(69)29-43(39)77-44-30-35(70)15-19-40(44)45/h9-19,28-30,69H,20-27,31H2,1-8H3,(H,71,72)(H2,55,56,63)(H2,57,58,64)(H2,59,60,65)(H2,61,62,66)(H2,67,68,78). The number of aromatic carboxylic acids is 1. The Morgan fingerprint density at radius 1 is 0.590 bits per heavy atom. The third-order valence-electron chi connectivity index (χ3n) is 11.8. The number of hydrogen-bond acceptors (Lipinski definition) is 13. The van der Waals surface area contributed by atoms with Gasteiger partial charge in [0.05, 0.1) is 31.7 Å². The van der Waals surface area contributed by atoms with Gasteiger partial charge in [0, 0.05) is 114 Å². The van der Waals surface area contributed by atoms with Gasteiger partial charge in [0.2, 0.25) is 0 Å². The van der Waals surface area contributed by atoms with Crippen molar-refractivity contribution >= 4 is 63.8 Å². The summed E-state index contributed by atoms with van der Waals surface area (Å²) in [5.74, 6) is 3.10. The van der Waals surface area contributed by atoms with Crippen LogP contribution in [-0.4, -0.2) is 154 Å². The second-order valence-electron chi connectivity index (χ2n) is 16.6. The minimum absolute atomic E-state index is 0.0502. The number of carboxylic acid groups (broad SMARTS) is 1. The smallest absolute Gasteiger partial charge is 0.336 e. The molecule has 1 aliphatic heterocycles. The van der Waals surface area contributed by atoms with E-state index in [-0.39, 0.29) is 66.2 Å². The van der Waals surface area contributed by atoms with Crippen molar-refractivity contribution in [2.75, 3.05) is 114 Å². The van der Waals surface area contributed by atoms with Crippen molar-refractivity contribution < 1.29 is 38.4 Å². The molecule has 24 heteroatoms. The monoisotopic (exact) mass is 1090 g/mol. The Balaban J connectivity index is 1.38. The number of phenols is 1. The number of nitrogens with one attached hydrogen (secondary N) is 10. The molecule has 78 heavy (non-hydrogen) atoms. The molecule has 0 spiro atoms. The molecule has 0 saturated heterocycles. The van der Waals surface area contributed by atoms with E-state index in [0.29, 0.717) is 117 Å². The van der Waals surface area contributed by atoms with E-state index >= 15 is 0 Å². The number of nitrogens with zero attached hydrogens (tertiary/aromatic N) is 4. The molecule has 1 aliphatic carbocycles. The van der Waals surface area contributed by atoms with Gasteiger partial charge in [-0.15, -0.1) is 0 Å². The zero-order valence-electron chi connectivity index (χ0n) is 44.9. The Hall–Kier alpha value is -9.19. The molecule has 0 amide bonds. The Kier molecular flexibility index (Phi) is 21.7. The van der Waals surface area contributed by atoms with E-state index < -0.39 is 5.97 Å². The summed E-state index contributed by atoms with van der Waals surface area (Å²) in [6.45, 7) is 2.58. The Morgan fingerprint density at radius 2 is 1.13 bits per heavy atom. The summed E-state index contributed by atoms with van der Waals surface area (Å²) in [6, 6.07) is 23.2. The summed E-state index contributed by atoms with van der Waals surface area (Å²) in [7, 11) is 13.8. The first kappa shape index (κ1) is 58.1. The predicted molar refractivity (Wildman–Crippen MR) is 312 cm³/mol. The Labute approximate surface area is 457 Å². The van der Waals surface area contributed by atoms with Crippen molar-refractivity contribution in [3.63, 3.8) is 0 Å². The van der Waals surface area contributed by atoms with Crippen molar-refractivity contribution in [2.24, 2.45) is 20.0 Å². The fourth-order valence-corrected chi connectivity index (χ4v) is 8.37. The first-order valence-corrected chi connectivity index (χ1v) is 25.3. The van der Waals surface area contributed by atoms with Crippen LogP contribution in [0, 0.1) is 0 Å². The lowest BCUT2D eigenvalue weighted by molar-refractivity contribution is 0.0697. The number of hydrogen-bond donors (Lipinski definition) is 12. The summed E-state index contributed by atoms with van der Waals surface area (Å²) in [5.41, 5.74) is 3.67. The predicted octanol–water partition coefficient (Wildman–Crippen LogP) is 3.82. The molecule has 2 aliphatic rings. The third kappa shape index (κ3) is 15.2. The maximum Gasteiger partial charge on any atom is 0.336 e. The van der Waals surface area contributed by atoms with E-state index in [1.807, 2.05) is 30.3 Å². The highest BCUT2D eigenvalue weighted by Gasteiger charge is 2.25. The van der Waals surface area contributed by atoms with E-state index in [1.165, 1.54) is 30.3 Å². The summed E-state index contributed by atoms with van der Waals surface area (Å²) < 4.78 is 32.4. The fourth-order valence-electron chi connectivity index (χ4n) is 8.18. The van der Waals surface area contributed by atoms with Gasteiger partial charge in [0.25, 0.3) is 0 Å². The van der Waals surface area contributed by atoms with E-state index in [1.54, 1.807) is 80.6 Å². The number of carbonyl (C=O) groups is 1. The molecule has 4 aromatic carbocycles. The molecule has 0 bridgehead atoms. The molecular weight excluding hydrogens is 1020 g/mol. The van der Waals surface area contributed by atoms with Gasteiger partial charge >= 0.3 is 5.97 Å². The van der Waals surface area contributed by atoms with Crippen LogP contribution in [0.5, 0.6) is 28.7 Å². The summed E-state index contributed by atoms with van der Waals surface area (Å²) in [4.78, 5) is 42.3. The summed E-state index contributed by atoms with van der Waals surface area (Å²) in [6.07, 6.45) is 0. The summed E-state index contributed by atoms with van der Waals surface area (Å²) in [5, 5.41) is 53.1. The van der Waals surface area contributed by atoms with Crippen LogP contribution in [-0.2, 0) is 6.54 Å². The van der Waals surface area contributed by atoms with E-state index in [4.69, 9.17) is 35.6 Å². The first-order valence-electron chi connectivity index (χ1n) is 24.9. The van der Waals surface area contributed by atoms with Crippen LogP contribution >= 0.6 is 12.2 Å². The Morgan fingerprint density at radius 3 is 1.71 bits per heavy atom. The van der Waals surface area contributed by atoms with Gasteiger partial charge in [-0.3, -0.25) is 24.8 Å². The molecule has 0 atom stereocenters. The zero-order chi connectivity index (χ0) is 56.0. The number of rotatable bonds is 22. The number of para-hydroxylation sites is 1. The highest BCUT2D eigenvalue weighted by atomic mass is 32.1.